The number of aliphatic imine (C=N–C) groups is 1. The summed E-state index contributed by atoms with van der Waals surface area (Å²) in [6.45, 7) is 7.51. The van der Waals surface area contributed by atoms with Crippen molar-refractivity contribution in [2.24, 2.45) is 4.99 Å². The van der Waals surface area contributed by atoms with E-state index in [-0.39, 0.29) is 0 Å². The molecule has 1 heterocycles. The third kappa shape index (κ3) is 7.13. The van der Waals surface area contributed by atoms with Gasteiger partial charge in [-0.1, -0.05) is 30.3 Å². The van der Waals surface area contributed by atoms with Crippen LogP contribution < -0.4 is 15.4 Å². The van der Waals surface area contributed by atoms with E-state index < -0.39 is 0 Å². The second kappa shape index (κ2) is 12.5. The molecule has 0 saturated carbocycles. The van der Waals surface area contributed by atoms with E-state index in [1.807, 2.05) is 73.1 Å². The molecule has 2 N–H and O–H groups in total. The lowest BCUT2D eigenvalue weighted by molar-refractivity contribution is 0.145. The van der Waals surface area contributed by atoms with E-state index in [0.29, 0.717) is 13.1 Å². The Bertz CT molecular complexity index is 968. The third-order valence-electron chi connectivity index (χ3n) is 5.01. The van der Waals surface area contributed by atoms with Gasteiger partial charge in [0.05, 0.1) is 25.0 Å². The van der Waals surface area contributed by atoms with E-state index in [2.05, 4.69) is 21.9 Å². The SMILES string of the molecule is CCOCCCNC(=NCc1ccc(OC)cc1)NCc1cn(-c2ccccc2)nc1C. The molecule has 2 aromatic carbocycles. The van der Waals surface area contributed by atoms with Gasteiger partial charge in [-0.05, 0) is 50.1 Å². The monoisotopic (exact) mass is 435 g/mol. The van der Waals surface area contributed by atoms with E-state index >= 15 is 0 Å². The van der Waals surface area contributed by atoms with Gasteiger partial charge in [-0.15, -0.1) is 0 Å². The molecule has 0 aliphatic carbocycles. The summed E-state index contributed by atoms with van der Waals surface area (Å²) in [5.41, 5.74) is 4.29. The number of aromatic nitrogens is 2. The fraction of sp³-hybridized carbons (Fsp3) is 0.360. The highest BCUT2D eigenvalue weighted by atomic mass is 16.5. The Hall–Kier alpha value is -3.32. The summed E-state index contributed by atoms with van der Waals surface area (Å²) in [7, 11) is 1.67. The molecule has 32 heavy (non-hydrogen) atoms. The molecule has 0 aliphatic rings. The second-order valence-electron chi connectivity index (χ2n) is 7.36. The molecule has 3 rings (SSSR count). The van der Waals surface area contributed by atoms with Gasteiger partial charge in [0.2, 0.25) is 0 Å². The van der Waals surface area contributed by atoms with Gasteiger partial charge >= 0.3 is 0 Å². The molecule has 170 valence electrons. The van der Waals surface area contributed by atoms with Crippen LogP contribution in [-0.2, 0) is 17.8 Å². The smallest absolute Gasteiger partial charge is 0.191 e. The van der Waals surface area contributed by atoms with Crippen LogP contribution in [0.2, 0.25) is 0 Å². The first kappa shape index (κ1) is 23.3. The predicted molar refractivity (Wildman–Crippen MR) is 128 cm³/mol. The maximum Gasteiger partial charge on any atom is 0.191 e. The summed E-state index contributed by atoms with van der Waals surface area (Å²) < 4.78 is 12.6. The van der Waals surface area contributed by atoms with Crippen molar-refractivity contribution in [1.82, 2.24) is 20.4 Å². The number of methoxy groups -OCH3 is 1. The number of benzene rings is 2. The molecule has 7 heteroatoms. The largest absolute Gasteiger partial charge is 0.497 e. The van der Waals surface area contributed by atoms with Crippen molar-refractivity contribution in [1.29, 1.82) is 0 Å². The molecule has 1 aromatic heterocycles. The van der Waals surface area contributed by atoms with Crippen LogP contribution in [0.3, 0.4) is 0 Å². The quantitative estimate of drug-likeness (QED) is 0.272. The zero-order chi connectivity index (χ0) is 22.6. The van der Waals surface area contributed by atoms with Crippen molar-refractivity contribution in [3.63, 3.8) is 0 Å². The number of hydrogen-bond acceptors (Lipinski definition) is 4. The number of aryl methyl sites for hydroxylation is 1. The number of para-hydroxylation sites is 1. The lowest BCUT2D eigenvalue weighted by Gasteiger charge is -2.13. The van der Waals surface area contributed by atoms with Crippen LogP contribution in [-0.4, -0.2) is 42.6 Å². The van der Waals surface area contributed by atoms with Crippen LogP contribution in [0.5, 0.6) is 5.75 Å². The molecule has 0 saturated heterocycles. The first-order valence-corrected chi connectivity index (χ1v) is 11.0. The van der Waals surface area contributed by atoms with Gasteiger partial charge in [0.25, 0.3) is 0 Å². The molecular weight excluding hydrogens is 402 g/mol. The van der Waals surface area contributed by atoms with Crippen molar-refractivity contribution >= 4 is 5.96 Å². The minimum absolute atomic E-state index is 0.576. The van der Waals surface area contributed by atoms with Gasteiger partial charge in [-0.2, -0.15) is 5.10 Å². The average molecular weight is 436 g/mol. The standard InChI is InChI=1S/C25H33N5O2/c1-4-32-16-8-15-26-25(27-17-21-11-13-24(31-3)14-12-21)28-18-22-19-30(29-20(22)2)23-9-6-5-7-10-23/h5-7,9-14,19H,4,8,15-18H2,1-3H3,(H2,26,27,28). The van der Waals surface area contributed by atoms with Crippen molar-refractivity contribution in [2.45, 2.75) is 33.4 Å². The number of ether oxygens (including phenoxy) is 2. The van der Waals surface area contributed by atoms with Crippen molar-refractivity contribution in [3.05, 3.63) is 77.6 Å². The molecule has 0 unspecified atom stereocenters. The van der Waals surface area contributed by atoms with Gasteiger partial charge in [0.15, 0.2) is 5.96 Å². The lowest BCUT2D eigenvalue weighted by atomic mass is 10.2. The highest BCUT2D eigenvalue weighted by Crippen LogP contribution is 2.13. The topological polar surface area (TPSA) is 72.7 Å². The number of rotatable bonds is 11. The summed E-state index contributed by atoms with van der Waals surface area (Å²) in [6, 6.07) is 18.1. The first-order valence-electron chi connectivity index (χ1n) is 11.0. The second-order valence-corrected chi connectivity index (χ2v) is 7.36. The van der Waals surface area contributed by atoms with Crippen LogP contribution in [0.15, 0.2) is 65.8 Å². The number of guanidine groups is 1. The van der Waals surface area contributed by atoms with Gasteiger partial charge in [-0.25, -0.2) is 9.67 Å². The van der Waals surface area contributed by atoms with E-state index in [1.54, 1.807) is 7.11 Å². The Kier molecular flexibility index (Phi) is 9.13. The van der Waals surface area contributed by atoms with Crippen LogP contribution in [0.25, 0.3) is 5.69 Å². The van der Waals surface area contributed by atoms with E-state index in [4.69, 9.17) is 14.5 Å². The van der Waals surface area contributed by atoms with Crippen molar-refractivity contribution in [3.8, 4) is 11.4 Å². The van der Waals surface area contributed by atoms with Gasteiger partial charge < -0.3 is 20.1 Å². The molecule has 0 atom stereocenters. The molecule has 0 amide bonds. The van der Waals surface area contributed by atoms with Gasteiger partial charge in [0, 0.05) is 38.1 Å². The highest BCUT2D eigenvalue weighted by Gasteiger charge is 2.08. The Morgan fingerprint density at radius 3 is 2.56 bits per heavy atom. The fourth-order valence-electron chi connectivity index (χ4n) is 3.16. The van der Waals surface area contributed by atoms with E-state index in [0.717, 1.165) is 60.4 Å². The molecule has 0 spiro atoms. The van der Waals surface area contributed by atoms with Crippen LogP contribution in [0.1, 0.15) is 30.2 Å². The summed E-state index contributed by atoms with van der Waals surface area (Å²) in [6.07, 6.45) is 2.98. The predicted octanol–water partition coefficient (Wildman–Crippen LogP) is 3.85. The summed E-state index contributed by atoms with van der Waals surface area (Å²) in [5, 5.41) is 11.5. The minimum atomic E-state index is 0.576. The Morgan fingerprint density at radius 2 is 1.84 bits per heavy atom. The Morgan fingerprint density at radius 1 is 1.06 bits per heavy atom. The normalized spacial score (nSPS) is 11.4. The maximum absolute atomic E-state index is 5.43. The summed E-state index contributed by atoms with van der Waals surface area (Å²) in [5.74, 6) is 1.61. The molecule has 0 aliphatic heterocycles. The minimum Gasteiger partial charge on any atom is -0.497 e. The molecule has 0 fully saturated rings. The van der Waals surface area contributed by atoms with Gasteiger partial charge in [0.1, 0.15) is 5.75 Å². The number of hydrogen-bond donors (Lipinski definition) is 2. The lowest BCUT2D eigenvalue weighted by Crippen LogP contribution is -2.37. The summed E-state index contributed by atoms with van der Waals surface area (Å²) >= 11 is 0. The molecule has 0 bridgehead atoms. The van der Waals surface area contributed by atoms with Crippen molar-refractivity contribution < 1.29 is 9.47 Å². The number of nitrogens with zero attached hydrogens (tertiary/aromatic N) is 3. The highest BCUT2D eigenvalue weighted by molar-refractivity contribution is 5.79. The summed E-state index contributed by atoms with van der Waals surface area (Å²) in [4.78, 5) is 4.76. The van der Waals surface area contributed by atoms with E-state index in [9.17, 15) is 0 Å². The van der Waals surface area contributed by atoms with Crippen LogP contribution in [0.4, 0.5) is 0 Å². The molecule has 3 aromatic rings. The van der Waals surface area contributed by atoms with Crippen LogP contribution in [0, 0.1) is 6.92 Å². The zero-order valence-electron chi connectivity index (χ0n) is 19.2. The zero-order valence-corrected chi connectivity index (χ0v) is 19.2. The average Bonchev–Trinajstić information content (AvgIpc) is 3.21. The Balaban J connectivity index is 1.64. The third-order valence-corrected chi connectivity index (χ3v) is 5.01. The first-order chi connectivity index (χ1) is 15.7. The molecule has 7 nitrogen and oxygen atoms in total. The molecule has 0 radical (unpaired) electrons. The Labute approximate surface area is 190 Å². The van der Waals surface area contributed by atoms with Crippen LogP contribution >= 0.6 is 0 Å². The molecular formula is C25H33N5O2. The number of nitrogens with one attached hydrogen (secondary N) is 2. The fourth-order valence-corrected chi connectivity index (χ4v) is 3.16. The maximum atomic E-state index is 5.43. The van der Waals surface area contributed by atoms with E-state index in [1.165, 1.54) is 0 Å². The van der Waals surface area contributed by atoms with Crippen molar-refractivity contribution in [2.75, 3.05) is 26.9 Å². The van der Waals surface area contributed by atoms with Gasteiger partial charge in [-0.3, -0.25) is 0 Å².